The highest BCUT2D eigenvalue weighted by atomic mass is 19.1. The van der Waals surface area contributed by atoms with Gasteiger partial charge in [-0.1, -0.05) is 24.3 Å². The van der Waals surface area contributed by atoms with Crippen molar-refractivity contribution in [3.63, 3.8) is 0 Å². The minimum absolute atomic E-state index is 0.344. The topological polar surface area (TPSA) is 51.2 Å². The van der Waals surface area contributed by atoms with E-state index in [2.05, 4.69) is 10.3 Å². The summed E-state index contributed by atoms with van der Waals surface area (Å²) in [4.78, 5) is 15.3. The van der Waals surface area contributed by atoms with Gasteiger partial charge in [0.15, 0.2) is 0 Å². The standard InChI is InChI=1S/C18H19FN2O2/c1-18(2,3)21-17(22)23-15-9-6-13(7-10-15)4-5-14-8-11-16(19)20-12-14/h4-12H,1-3H3,(H,21,22). The molecule has 1 aromatic heterocycles. The monoisotopic (exact) mass is 314 g/mol. The van der Waals surface area contributed by atoms with E-state index in [1.54, 1.807) is 18.2 Å². The van der Waals surface area contributed by atoms with E-state index < -0.39 is 12.0 Å². The Kier molecular flexibility index (Phi) is 5.11. The van der Waals surface area contributed by atoms with Gasteiger partial charge >= 0.3 is 6.09 Å². The molecule has 0 saturated heterocycles. The summed E-state index contributed by atoms with van der Waals surface area (Å²) in [6, 6.07) is 10.0. The first-order valence-electron chi connectivity index (χ1n) is 7.21. The van der Waals surface area contributed by atoms with Gasteiger partial charge in [0.2, 0.25) is 5.95 Å². The summed E-state index contributed by atoms with van der Waals surface area (Å²) in [6.45, 7) is 5.64. The van der Waals surface area contributed by atoms with E-state index in [1.165, 1.54) is 12.3 Å². The molecule has 0 radical (unpaired) electrons. The lowest BCUT2D eigenvalue weighted by molar-refractivity contribution is 0.190. The SMILES string of the molecule is CC(C)(C)NC(=O)Oc1ccc(C=Cc2ccc(F)nc2)cc1. The van der Waals surface area contributed by atoms with Gasteiger partial charge in [-0.2, -0.15) is 4.39 Å². The van der Waals surface area contributed by atoms with Crippen LogP contribution in [-0.4, -0.2) is 16.6 Å². The lowest BCUT2D eigenvalue weighted by Crippen LogP contribution is -2.42. The largest absolute Gasteiger partial charge is 0.413 e. The number of hydrogen-bond donors (Lipinski definition) is 1. The molecule has 0 atom stereocenters. The van der Waals surface area contributed by atoms with Crippen LogP contribution in [0.4, 0.5) is 9.18 Å². The van der Waals surface area contributed by atoms with E-state index in [-0.39, 0.29) is 5.54 Å². The molecule has 0 aliphatic rings. The molecule has 23 heavy (non-hydrogen) atoms. The summed E-state index contributed by atoms with van der Waals surface area (Å²) in [7, 11) is 0. The van der Waals surface area contributed by atoms with Crippen LogP contribution in [0.25, 0.3) is 12.2 Å². The Bertz CT molecular complexity index is 686. The number of amides is 1. The van der Waals surface area contributed by atoms with Crippen molar-refractivity contribution in [1.29, 1.82) is 0 Å². The number of carbonyl (C=O) groups excluding carboxylic acids is 1. The van der Waals surface area contributed by atoms with Crippen LogP contribution in [-0.2, 0) is 0 Å². The van der Waals surface area contributed by atoms with E-state index in [9.17, 15) is 9.18 Å². The number of nitrogens with one attached hydrogen (secondary N) is 1. The fraction of sp³-hybridized carbons (Fsp3) is 0.222. The molecule has 0 aliphatic heterocycles. The van der Waals surface area contributed by atoms with Gasteiger partial charge in [-0.3, -0.25) is 0 Å². The Morgan fingerprint density at radius 3 is 2.26 bits per heavy atom. The van der Waals surface area contributed by atoms with Gasteiger partial charge in [-0.25, -0.2) is 9.78 Å². The first kappa shape index (κ1) is 16.7. The normalized spacial score (nSPS) is 11.5. The molecule has 2 rings (SSSR count). The molecule has 0 fully saturated rings. The number of ether oxygens (including phenoxy) is 1. The molecular weight excluding hydrogens is 295 g/mol. The first-order chi connectivity index (χ1) is 10.8. The number of halogens is 1. The van der Waals surface area contributed by atoms with Gasteiger partial charge in [-0.15, -0.1) is 0 Å². The molecule has 120 valence electrons. The minimum Gasteiger partial charge on any atom is -0.410 e. The van der Waals surface area contributed by atoms with Crippen molar-refractivity contribution in [3.05, 3.63) is 59.7 Å². The van der Waals surface area contributed by atoms with E-state index in [0.29, 0.717) is 5.75 Å². The van der Waals surface area contributed by atoms with Gasteiger partial charge < -0.3 is 10.1 Å². The van der Waals surface area contributed by atoms with Crippen LogP contribution >= 0.6 is 0 Å². The van der Waals surface area contributed by atoms with E-state index >= 15 is 0 Å². The van der Waals surface area contributed by atoms with E-state index in [1.807, 2.05) is 45.1 Å². The summed E-state index contributed by atoms with van der Waals surface area (Å²) < 4.78 is 17.9. The number of aromatic nitrogens is 1. The highest BCUT2D eigenvalue weighted by Crippen LogP contribution is 2.15. The lowest BCUT2D eigenvalue weighted by Gasteiger charge is -2.19. The maximum atomic E-state index is 12.7. The molecule has 1 aromatic carbocycles. The Labute approximate surface area is 135 Å². The molecule has 0 bridgehead atoms. The third kappa shape index (κ3) is 5.90. The summed E-state index contributed by atoms with van der Waals surface area (Å²) in [5, 5.41) is 2.72. The van der Waals surface area contributed by atoms with Crippen LogP contribution < -0.4 is 10.1 Å². The second-order valence-electron chi connectivity index (χ2n) is 6.08. The van der Waals surface area contributed by atoms with Crippen LogP contribution in [0.15, 0.2) is 42.6 Å². The molecule has 1 heterocycles. The summed E-state index contributed by atoms with van der Waals surface area (Å²) in [5.41, 5.74) is 1.39. The molecule has 0 spiro atoms. The molecule has 1 N–H and O–H groups in total. The van der Waals surface area contributed by atoms with Crippen LogP contribution in [0.1, 0.15) is 31.9 Å². The Morgan fingerprint density at radius 2 is 1.70 bits per heavy atom. The number of rotatable bonds is 3. The molecule has 4 nitrogen and oxygen atoms in total. The zero-order chi connectivity index (χ0) is 16.9. The zero-order valence-corrected chi connectivity index (χ0v) is 13.3. The highest BCUT2D eigenvalue weighted by molar-refractivity contribution is 5.72. The fourth-order valence-corrected chi connectivity index (χ4v) is 1.76. The third-order valence-electron chi connectivity index (χ3n) is 2.79. The van der Waals surface area contributed by atoms with Crippen molar-refractivity contribution >= 4 is 18.2 Å². The van der Waals surface area contributed by atoms with Gasteiger partial charge in [-0.05, 0) is 56.2 Å². The zero-order valence-electron chi connectivity index (χ0n) is 13.3. The number of nitrogens with zero attached hydrogens (tertiary/aromatic N) is 1. The predicted molar refractivity (Wildman–Crippen MR) is 88.5 cm³/mol. The van der Waals surface area contributed by atoms with Gasteiger partial charge in [0.05, 0.1) is 0 Å². The van der Waals surface area contributed by atoms with Crippen LogP contribution in [0.3, 0.4) is 0 Å². The maximum absolute atomic E-state index is 12.7. The first-order valence-corrected chi connectivity index (χ1v) is 7.21. The van der Waals surface area contributed by atoms with Crippen molar-refractivity contribution < 1.29 is 13.9 Å². The lowest BCUT2D eigenvalue weighted by atomic mass is 10.1. The van der Waals surface area contributed by atoms with Crippen LogP contribution in [0, 0.1) is 5.95 Å². The minimum atomic E-state index is -0.503. The average molecular weight is 314 g/mol. The third-order valence-corrected chi connectivity index (χ3v) is 2.79. The Hall–Kier alpha value is -2.69. The molecule has 2 aromatic rings. The molecule has 0 unspecified atom stereocenters. The van der Waals surface area contributed by atoms with Crippen molar-refractivity contribution in [2.24, 2.45) is 0 Å². The number of pyridine rings is 1. The smallest absolute Gasteiger partial charge is 0.410 e. The predicted octanol–water partition coefficient (Wildman–Crippen LogP) is 4.28. The molecule has 0 aliphatic carbocycles. The quantitative estimate of drug-likeness (QED) is 0.860. The van der Waals surface area contributed by atoms with Crippen LogP contribution in [0.5, 0.6) is 5.75 Å². The molecule has 5 heteroatoms. The number of benzene rings is 1. The molecular formula is C18H19FN2O2. The van der Waals surface area contributed by atoms with Gasteiger partial charge in [0, 0.05) is 11.7 Å². The fourth-order valence-electron chi connectivity index (χ4n) is 1.76. The van der Waals surface area contributed by atoms with E-state index in [0.717, 1.165) is 11.1 Å². The van der Waals surface area contributed by atoms with Gasteiger partial charge in [0.25, 0.3) is 0 Å². The second kappa shape index (κ2) is 7.05. The van der Waals surface area contributed by atoms with Gasteiger partial charge in [0.1, 0.15) is 5.75 Å². The summed E-state index contributed by atoms with van der Waals surface area (Å²) in [5.74, 6) is -0.0375. The van der Waals surface area contributed by atoms with Crippen molar-refractivity contribution in [1.82, 2.24) is 10.3 Å². The van der Waals surface area contributed by atoms with Crippen molar-refractivity contribution in [2.75, 3.05) is 0 Å². The molecule has 0 saturated carbocycles. The maximum Gasteiger partial charge on any atom is 0.413 e. The van der Waals surface area contributed by atoms with Crippen LogP contribution in [0.2, 0.25) is 0 Å². The number of hydrogen-bond acceptors (Lipinski definition) is 3. The average Bonchev–Trinajstić information content (AvgIpc) is 2.46. The Balaban J connectivity index is 1.96. The van der Waals surface area contributed by atoms with Crippen molar-refractivity contribution in [2.45, 2.75) is 26.3 Å². The van der Waals surface area contributed by atoms with Crippen molar-refractivity contribution in [3.8, 4) is 5.75 Å². The molecule has 1 amide bonds. The number of carbonyl (C=O) groups is 1. The second-order valence-corrected chi connectivity index (χ2v) is 6.08. The summed E-state index contributed by atoms with van der Waals surface area (Å²) in [6.07, 6.45) is 4.67. The highest BCUT2D eigenvalue weighted by Gasteiger charge is 2.14. The Morgan fingerprint density at radius 1 is 1.09 bits per heavy atom. The summed E-state index contributed by atoms with van der Waals surface area (Å²) >= 11 is 0. The van der Waals surface area contributed by atoms with E-state index in [4.69, 9.17) is 4.74 Å².